The van der Waals surface area contributed by atoms with Crippen LogP contribution in [-0.2, 0) is 14.3 Å². The van der Waals surface area contributed by atoms with Crippen LogP contribution >= 0.6 is 0 Å². The van der Waals surface area contributed by atoms with Crippen LogP contribution in [0.25, 0.3) is 5.57 Å². The number of esters is 1. The van der Waals surface area contributed by atoms with Gasteiger partial charge in [-0.25, -0.2) is 4.79 Å². The zero-order valence-electron chi connectivity index (χ0n) is 15.8. The number of phenols is 1. The lowest BCUT2D eigenvalue weighted by molar-refractivity contribution is -0.139. The van der Waals surface area contributed by atoms with E-state index in [9.17, 15) is 20.0 Å². The van der Waals surface area contributed by atoms with Crippen molar-refractivity contribution in [3.8, 4) is 11.8 Å². The molecule has 0 aliphatic carbocycles. The number of nitrogens with zero attached hydrogens (tertiary/aromatic N) is 1. The van der Waals surface area contributed by atoms with Gasteiger partial charge in [0.15, 0.2) is 0 Å². The predicted octanol–water partition coefficient (Wildman–Crippen LogP) is 3.01. The van der Waals surface area contributed by atoms with E-state index in [-0.39, 0.29) is 30.0 Å². The van der Waals surface area contributed by atoms with Crippen LogP contribution in [0.5, 0.6) is 5.75 Å². The molecule has 0 radical (unpaired) electrons. The molecule has 146 valence electrons. The molecule has 1 heterocycles. The molecule has 0 fully saturated rings. The second-order valence-corrected chi connectivity index (χ2v) is 6.43. The summed E-state index contributed by atoms with van der Waals surface area (Å²) >= 11 is 0. The maximum atomic E-state index is 12.7. The first-order valence-electron chi connectivity index (χ1n) is 8.87. The number of para-hydroxylation sites is 1. The molecule has 0 aromatic heterocycles. The molecule has 0 saturated carbocycles. The third-order valence-corrected chi connectivity index (χ3v) is 4.30. The van der Waals surface area contributed by atoms with E-state index in [1.54, 1.807) is 6.07 Å². The number of ether oxygens (including phenoxy) is 1. The van der Waals surface area contributed by atoms with Crippen LogP contribution in [0.3, 0.4) is 0 Å². The normalized spacial score (nSPS) is 13.1. The van der Waals surface area contributed by atoms with E-state index < -0.39 is 11.9 Å². The SMILES string of the molecule is C=C(C)C(=O)OCCNC(=O)C(C#N)=C1c2ccccc2Nc2cc(O)ccc21. The Morgan fingerprint density at radius 1 is 1.21 bits per heavy atom. The van der Waals surface area contributed by atoms with E-state index in [1.165, 1.54) is 19.1 Å². The molecule has 3 rings (SSSR count). The van der Waals surface area contributed by atoms with Gasteiger partial charge in [-0.1, -0.05) is 24.8 Å². The Hall–Kier alpha value is -4.05. The number of carbonyl (C=O) groups excluding carboxylic acids is 2. The van der Waals surface area contributed by atoms with E-state index >= 15 is 0 Å². The Kier molecular flexibility index (Phi) is 5.65. The molecule has 7 heteroatoms. The van der Waals surface area contributed by atoms with Crippen molar-refractivity contribution in [2.75, 3.05) is 18.5 Å². The zero-order chi connectivity index (χ0) is 21.0. The van der Waals surface area contributed by atoms with E-state index in [0.717, 1.165) is 5.69 Å². The molecular weight excluding hydrogens is 370 g/mol. The third-order valence-electron chi connectivity index (χ3n) is 4.30. The van der Waals surface area contributed by atoms with Crippen molar-refractivity contribution in [3.63, 3.8) is 0 Å². The fourth-order valence-corrected chi connectivity index (χ4v) is 2.96. The lowest BCUT2D eigenvalue weighted by Crippen LogP contribution is -2.30. The Labute approximate surface area is 167 Å². The Bertz CT molecular complexity index is 1080. The van der Waals surface area contributed by atoms with Crippen molar-refractivity contribution in [2.24, 2.45) is 0 Å². The molecule has 0 unspecified atom stereocenters. The fraction of sp³-hybridized carbons (Fsp3) is 0.136. The third kappa shape index (κ3) is 4.12. The molecule has 0 atom stereocenters. The van der Waals surface area contributed by atoms with Gasteiger partial charge in [-0.3, -0.25) is 4.79 Å². The summed E-state index contributed by atoms with van der Waals surface area (Å²) in [6.07, 6.45) is 0. The minimum absolute atomic E-state index is 0.0337. The van der Waals surface area contributed by atoms with Crippen molar-refractivity contribution in [2.45, 2.75) is 6.92 Å². The first-order valence-corrected chi connectivity index (χ1v) is 8.87. The van der Waals surface area contributed by atoms with Gasteiger partial charge in [0.05, 0.1) is 12.2 Å². The average molecular weight is 389 g/mol. The van der Waals surface area contributed by atoms with Crippen LogP contribution in [-0.4, -0.2) is 30.1 Å². The molecule has 0 spiro atoms. The van der Waals surface area contributed by atoms with Crippen molar-refractivity contribution < 1.29 is 19.4 Å². The average Bonchev–Trinajstić information content (AvgIpc) is 2.70. The number of rotatable bonds is 5. The van der Waals surface area contributed by atoms with Gasteiger partial charge in [-0.05, 0) is 25.1 Å². The zero-order valence-corrected chi connectivity index (χ0v) is 15.8. The van der Waals surface area contributed by atoms with Crippen LogP contribution in [0.2, 0.25) is 0 Å². The summed E-state index contributed by atoms with van der Waals surface area (Å²) < 4.78 is 4.95. The summed E-state index contributed by atoms with van der Waals surface area (Å²) in [5.74, 6) is -1.05. The number of aromatic hydroxyl groups is 1. The second-order valence-electron chi connectivity index (χ2n) is 6.43. The van der Waals surface area contributed by atoms with Gasteiger partial charge in [0, 0.05) is 34.0 Å². The maximum Gasteiger partial charge on any atom is 0.333 e. The predicted molar refractivity (Wildman–Crippen MR) is 108 cm³/mol. The molecule has 3 N–H and O–H groups in total. The molecule has 29 heavy (non-hydrogen) atoms. The van der Waals surface area contributed by atoms with Gasteiger partial charge >= 0.3 is 5.97 Å². The topological polar surface area (TPSA) is 111 Å². The molecular formula is C22H19N3O4. The summed E-state index contributed by atoms with van der Waals surface area (Å²) in [5, 5.41) is 25.3. The molecule has 1 amide bonds. The smallest absolute Gasteiger partial charge is 0.333 e. The highest BCUT2D eigenvalue weighted by atomic mass is 16.5. The molecule has 2 aromatic carbocycles. The van der Waals surface area contributed by atoms with E-state index in [2.05, 4.69) is 17.2 Å². The Morgan fingerprint density at radius 2 is 1.93 bits per heavy atom. The highest BCUT2D eigenvalue weighted by Crippen LogP contribution is 2.43. The minimum atomic E-state index is -0.579. The maximum absolute atomic E-state index is 12.7. The number of hydrogen-bond acceptors (Lipinski definition) is 6. The largest absolute Gasteiger partial charge is 0.508 e. The number of carbonyl (C=O) groups is 2. The fourth-order valence-electron chi connectivity index (χ4n) is 2.96. The second kappa shape index (κ2) is 8.31. The standard InChI is InChI=1S/C22H19N3O4/c1-13(2)22(28)29-10-9-24-21(27)17(12-23)20-15-5-3-4-6-18(15)25-19-11-14(26)7-8-16(19)20/h3-8,11,25-26H,1,9-10H2,2H3,(H,24,27). The first kappa shape index (κ1) is 19.7. The van der Waals surface area contributed by atoms with Crippen LogP contribution in [0, 0.1) is 11.3 Å². The Morgan fingerprint density at radius 3 is 2.66 bits per heavy atom. The quantitative estimate of drug-likeness (QED) is 0.268. The summed E-state index contributed by atoms with van der Waals surface area (Å²) in [7, 11) is 0. The van der Waals surface area contributed by atoms with Gasteiger partial charge in [0.1, 0.15) is 24.0 Å². The summed E-state index contributed by atoms with van der Waals surface area (Å²) in [5.41, 5.74) is 3.30. The van der Waals surface area contributed by atoms with Crippen LogP contribution in [0.1, 0.15) is 18.1 Å². The number of nitriles is 1. The van der Waals surface area contributed by atoms with E-state index in [4.69, 9.17) is 4.74 Å². The molecule has 0 saturated heterocycles. The lowest BCUT2D eigenvalue weighted by atomic mass is 9.87. The molecule has 2 aromatic rings. The van der Waals surface area contributed by atoms with E-state index in [0.29, 0.717) is 22.4 Å². The van der Waals surface area contributed by atoms with E-state index in [1.807, 2.05) is 30.3 Å². The molecule has 0 bridgehead atoms. The number of phenolic OH excluding ortho intramolecular Hbond substituents is 1. The number of amides is 1. The number of fused-ring (bicyclic) bond motifs is 2. The number of anilines is 2. The van der Waals surface area contributed by atoms with Crippen LogP contribution < -0.4 is 10.6 Å². The number of benzene rings is 2. The monoisotopic (exact) mass is 389 g/mol. The van der Waals surface area contributed by atoms with Crippen LogP contribution in [0.4, 0.5) is 11.4 Å². The van der Waals surface area contributed by atoms with Crippen molar-refractivity contribution in [1.82, 2.24) is 5.32 Å². The first-order chi connectivity index (χ1) is 13.9. The summed E-state index contributed by atoms with van der Waals surface area (Å²) in [4.78, 5) is 24.1. The lowest BCUT2D eigenvalue weighted by Gasteiger charge is -2.25. The van der Waals surface area contributed by atoms with Crippen molar-refractivity contribution in [3.05, 3.63) is 71.3 Å². The van der Waals surface area contributed by atoms with Gasteiger partial charge in [-0.2, -0.15) is 5.26 Å². The highest BCUT2D eigenvalue weighted by Gasteiger charge is 2.26. The number of hydrogen-bond donors (Lipinski definition) is 3. The minimum Gasteiger partial charge on any atom is -0.508 e. The van der Waals surface area contributed by atoms with Gasteiger partial charge in [-0.15, -0.1) is 0 Å². The summed E-state index contributed by atoms with van der Waals surface area (Å²) in [6, 6.07) is 14.0. The molecule has 1 aliphatic heterocycles. The van der Waals surface area contributed by atoms with Crippen LogP contribution in [0.15, 0.2) is 60.2 Å². The molecule has 1 aliphatic rings. The number of nitrogens with one attached hydrogen (secondary N) is 2. The van der Waals surface area contributed by atoms with Crippen molar-refractivity contribution in [1.29, 1.82) is 5.26 Å². The van der Waals surface area contributed by atoms with Gasteiger partial charge in [0.25, 0.3) is 5.91 Å². The molecule has 7 nitrogen and oxygen atoms in total. The highest BCUT2D eigenvalue weighted by molar-refractivity contribution is 6.12. The van der Waals surface area contributed by atoms with Crippen molar-refractivity contribution >= 4 is 28.8 Å². The summed E-state index contributed by atoms with van der Waals surface area (Å²) in [6.45, 7) is 5.04. The van der Waals surface area contributed by atoms with Gasteiger partial charge in [0.2, 0.25) is 0 Å². The van der Waals surface area contributed by atoms with Gasteiger partial charge < -0.3 is 20.5 Å². The Balaban J connectivity index is 1.93.